The highest BCUT2D eigenvalue weighted by Crippen LogP contribution is 2.27. The van der Waals surface area contributed by atoms with Gasteiger partial charge in [0.2, 0.25) is 0 Å². The number of hydrogen-bond acceptors (Lipinski definition) is 4. The van der Waals surface area contributed by atoms with Crippen molar-refractivity contribution in [2.75, 3.05) is 32.9 Å². The molecule has 0 radical (unpaired) electrons. The second-order valence-corrected chi connectivity index (χ2v) is 6.45. The van der Waals surface area contributed by atoms with Crippen LogP contribution < -0.4 is 10.1 Å². The normalized spacial score (nSPS) is 14.2. The summed E-state index contributed by atoms with van der Waals surface area (Å²) >= 11 is 11.8. The number of piperazine rings is 1. The number of carbonyl (C=O) groups excluding carboxylic acids is 2. The lowest BCUT2D eigenvalue weighted by atomic mass is 10.3. The molecule has 0 spiro atoms. The standard InChI is InChI=1S/C17H17Cl2N3O4/c18-12-3-4-14(13(19)10-12)26-11-20-17(24)22-7-5-21(6-8-22)16(23)15-2-1-9-25-15/h1-4,9-10H,5-8,11H2,(H,20,24). The number of furan rings is 1. The fourth-order valence-electron chi connectivity index (χ4n) is 2.55. The number of amides is 3. The van der Waals surface area contributed by atoms with Gasteiger partial charge in [-0.3, -0.25) is 4.79 Å². The number of nitrogens with one attached hydrogen (secondary N) is 1. The topological polar surface area (TPSA) is 75.0 Å². The number of urea groups is 1. The van der Waals surface area contributed by atoms with Gasteiger partial charge in [0.05, 0.1) is 11.3 Å². The van der Waals surface area contributed by atoms with Crippen molar-refractivity contribution in [1.82, 2.24) is 15.1 Å². The molecule has 7 nitrogen and oxygen atoms in total. The van der Waals surface area contributed by atoms with Crippen molar-refractivity contribution in [3.8, 4) is 5.75 Å². The minimum atomic E-state index is -0.264. The summed E-state index contributed by atoms with van der Waals surface area (Å²) in [6, 6.07) is 7.88. The quantitative estimate of drug-likeness (QED) is 0.804. The van der Waals surface area contributed by atoms with E-state index in [-0.39, 0.29) is 18.7 Å². The Morgan fingerprint density at radius 2 is 1.85 bits per heavy atom. The monoisotopic (exact) mass is 397 g/mol. The number of carbonyl (C=O) groups is 2. The largest absolute Gasteiger partial charge is 0.472 e. The van der Waals surface area contributed by atoms with Crippen LogP contribution in [-0.2, 0) is 0 Å². The Labute approximate surface area is 160 Å². The molecule has 1 aliphatic rings. The van der Waals surface area contributed by atoms with Gasteiger partial charge in [0.15, 0.2) is 12.5 Å². The molecule has 9 heteroatoms. The summed E-state index contributed by atoms with van der Waals surface area (Å²) in [5.41, 5.74) is 0. The van der Waals surface area contributed by atoms with E-state index in [9.17, 15) is 9.59 Å². The van der Waals surface area contributed by atoms with Crippen LogP contribution in [0.15, 0.2) is 41.0 Å². The van der Waals surface area contributed by atoms with Gasteiger partial charge >= 0.3 is 6.03 Å². The maximum atomic E-state index is 12.2. The molecular weight excluding hydrogens is 381 g/mol. The van der Waals surface area contributed by atoms with E-state index in [0.717, 1.165) is 0 Å². The third kappa shape index (κ3) is 4.42. The predicted molar refractivity (Wildman–Crippen MR) is 96.7 cm³/mol. The third-order valence-corrected chi connectivity index (χ3v) is 4.46. The van der Waals surface area contributed by atoms with Crippen LogP contribution in [0.3, 0.4) is 0 Å². The molecule has 1 fully saturated rings. The van der Waals surface area contributed by atoms with Crippen LogP contribution in [0.25, 0.3) is 0 Å². The summed E-state index contributed by atoms with van der Waals surface area (Å²) in [5, 5.41) is 3.55. The van der Waals surface area contributed by atoms with Crippen LogP contribution in [0.1, 0.15) is 10.6 Å². The highest BCUT2D eigenvalue weighted by atomic mass is 35.5. The van der Waals surface area contributed by atoms with Crippen molar-refractivity contribution < 1.29 is 18.7 Å². The lowest BCUT2D eigenvalue weighted by Gasteiger charge is -2.34. The number of nitrogens with zero attached hydrogens (tertiary/aromatic N) is 2. The second kappa shape index (κ2) is 8.33. The van der Waals surface area contributed by atoms with E-state index in [1.165, 1.54) is 6.26 Å². The van der Waals surface area contributed by atoms with Gasteiger partial charge in [-0.05, 0) is 30.3 Å². The first-order valence-corrected chi connectivity index (χ1v) is 8.73. The van der Waals surface area contributed by atoms with Crippen LogP contribution in [0.5, 0.6) is 5.75 Å². The summed E-state index contributed by atoms with van der Waals surface area (Å²) in [6.07, 6.45) is 1.46. The summed E-state index contributed by atoms with van der Waals surface area (Å²) in [4.78, 5) is 27.7. The van der Waals surface area contributed by atoms with Gasteiger partial charge in [-0.2, -0.15) is 0 Å². The Hall–Kier alpha value is -2.38. The molecule has 1 N–H and O–H groups in total. The summed E-state index contributed by atoms with van der Waals surface area (Å²) in [7, 11) is 0. The Morgan fingerprint density at radius 3 is 2.50 bits per heavy atom. The first-order valence-electron chi connectivity index (χ1n) is 7.98. The number of hydrogen-bond donors (Lipinski definition) is 1. The molecule has 3 amide bonds. The summed E-state index contributed by atoms with van der Waals surface area (Å²) < 4.78 is 10.6. The van der Waals surface area contributed by atoms with Gasteiger partial charge in [0.1, 0.15) is 5.75 Å². The fourth-order valence-corrected chi connectivity index (χ4v) is 3.01. The summed E-state index contributed by atoms with van der Waals surface area (Å²) in [6.45, 7) is 1.72. The van der Waals surface area contributed by atoms with Crippen molar-refractivity contribution in [2.24, 2.45) is 0 Å². The predicted octanol–water partition coefficient (Wildman–Crippen LogP) is 3.09. The van der Waals surface area contributed by atoms with E-state index < -0.39 is 0 Å². The lowest BCUT2D eigenvalue weighted by molar-refractivity contribution is 0.0631. The van der Waals surface area contributed by atoms with E-state index in [0.29, 0.717) is 47.7 Å². The van der Waals surface area contributed by atoms with E-state index >= 15 is 0 Å². The van der Waals surface area contributed by atoms with E-state index in [2.05, 4.69) is 5.32 Å². The molecule has 1 aliphatic heterocycles. The zero-order chi connectivity index (χ0) is 18.5. The van der Waals surface area contributed by atoms with E-state index in [1.807, 2.05) is 0 Å². The molecule has 0 unspecified atom stereocenters. The van der Waals surface area contributed by atoms with Gasteiger partial charge < -0.3 is 24.3 Å². The SMILES string of the molecule is O=C(NCOc1ccc(Cl)cc1Cl)N1CCN(C(=O)c2ccco2)CC1. The van der Waals surface area contributed by atoms with Crippen molar-refractivity contribution >= 4 is 35.1 Å². The summed E-state index contributed by atoms with van der Waals surface area (Å²) in [5.74, 6) is 0.567. The Kier molecular flexibility index (Phi) is 5.90. The Balaban J connectivity index is 1.43. The molecule has 2 heterocycles. The van der Waals surface area contributed by atoms with Gasteiger partial charge in [-0.25, -0.2) is 4.79 Å². The van der Waals surface area contributed by atoms with Gasteiger partial charge in [0, 0.05) is 31.2 Å². The van der Waals surface area contributed by atoms with Gasteiger partial charge in [0.25, 0.3) is 5.91 Å². The van der Waals surface area contributed by atoms with Crippen LogP contribution in [0.2, 0.25) is 10.0 Å². The maximum Gasteiger partial charge on any atom is 0.320 e. The molecule has 26 heavy (non-hydrogen) atoms. The Morgan fingerprint density at radius 1 is 1.12 bits per heavy atom. The van der Waals surface area contributed by atoms with Crippen LogP contribution in [0, 0.1) is 0 Å². The van der Waals surface area contributed by atoms with Crippen LogP contribution >= 0.6 is 23.2 Å². The van der Waals surface area contributed by atoms with Crippen LogP contribution in [0.4, 0.5) is 4.79 Å². The molecule has 1 aromatic heterocycles. The average Bonchev–Trinajstić information content (AvgIpc) is 3.17. The maximum absolute atomic E-state index is 12.2. The number of rotatable bonds is 4. The molecule has 3 rings (SSSR count). The molecule has 2 aromatic rings. The van der Waals surface area contributed by atoms with Crippen LogP contribution in [-0.4, -0.2) is 54.6 Å². The minimum absolute atomic E-state index is 0.0221. The number of benzene rings is 1. The molecule has 0 atom stereocenters. The number of ether oxygens (including phenoxy) is 1. The van der Waals surface area contributed by atoms with Crippen molar-refractivity contribution in [3.05, 3.63) is 52.4 Å². The highest BCUT2D eigenvalue weighted by molar-refractivity contribution is 6.35. The second-order valence-electron chi connectivity index (χ2n) is 5.60. The van der Waals surface area contributed by atoms with Crippen molar-refractivity contribution in [1.29, 1.82) is 0 Å². The Bertz CT molecular complexity index is 774. The van der Waals surface area contributed by atoms with Crippen molar-refractivity contribution in [3.63, 3.8) is 0 Å². The van der Waals surface area contributed by atoms with Crippen molar-refractivity contribution in [2.45, 2.75) is 0 Å². The molecule has 1 saturated heterocycles. The molecular formula is C17H17Cl2N3O4. The minimum Gasteiger partial charge on any atom is -0.472 e. The first-order chi connectivity index (χ1) is 12.5. The molecule has 1 aromatic carbocycles. The molecule has 138 valence electrons. The fraction of sp³-hybridized carbons (Fsp3) is 0.294. The van der Waals surface area contributed by atoms with E-state index in [4.69, 9.17) is 32.4 Å². The highest BCUT2D eigenvalue weighted by Gasteiger charge is 2.25. The van der Waals surface area contributed by atoms with Gasteiger partial charge in [-0.15, -0.1) is 0 Å². The first kappa shape index (κ1) is 18.4. The molecule has 0 saturated carbocycles. The average molecular weight is 398 g/mol. The third-order valence-electron chi connectivity index (χ3n) is 3.93. The zero-order valence-electron chi connectivity index (χ0n) is 13.8. The molecule has 0 bridgehead atoms. The van der Waals surface area contributed by atoms with E-state index in [1.54, 1.807) is 40.1 Å². The lowest BCUT2D eigenvalue weighted by Crippen LogP contribution is -2.53. The number of halogens is 2. The zero-order valence-corrected chi connectivity index (χ0v) is 15.3. The molecule has 0 aliphatic carbocycles. The smallest absolute Gasteiger partial charge is 0.320 e. The van der Waals surface area contributed by atoms with Gasteiger partial charge in [-0.1, -0.05) is 23.2 Å².